The van der Waals surface area contributed by atoms with Crippen molar-refractivity contribution < 1.29 is 18.3 Å². The number of hydrogen-bond donors (Lipinski definition) is 3. The first kappa shape index (κ1) is 25.1. The Morgan fingerprint density at radius 2 is 1.91 bits per heavy atom. The van der Waals surface area contributed by atoms with Crippen LogP contribution in [0.1, 0.15) is 19.4 Å². The van der Waals surface area contributed by atoms with E-state index < -0.39 is 10.0 Å². The molecule has 3 N–H and O–H groups in total. The Morgan fingerprint density at radius 3 is 2.61 bits per heavy atom. The van der Waals surface area contributed by atoms with E-state index in [-0.39, 0.29) is 24.0 Å². The molecule has 0 saturated carbocycles. The van der Waals surface area contributed by atoms with Gasteiger partial charge in [0.2, 0.25) is 0 Å². The second-order valence-electron chi connectivity index (χ2n) is 8.36. The van der Waals surface area contributed by atoms with Crippen molar-refractivity contribution >= 4 is 32.1 Å². The van der Waals surface area contributed by atoms with Gasteiger partial charge < -0.3 is 15.2 Å². The molecule has 0 aromatic heterocycles. The van der Waals surface area contributed by atoms with E-state index >= 15 is 0 Å². The number of fused-ring (bicyclic) bond motifs is 1. The van der Waals surface area contributed by atoms with Crippen LogP contribution in [0.2, 0.25) is 0 Å². The molecule has 33 heavy (non-hydrogen) atoms. The number of aliphatic hydroxyl groups excluding tert-OH is 1. The number of anilines is 1. The lowest BCUT2D eigenvalue weighted by molar-refractivity contribution is 0.0398. The van der Waals surface area contributed by atoms with Crippen LogP contribution < -0.4 is 10.0 Å². The number of morpholine rings is 1. The molecule has 8 nitrogen and oxygen atoms in total. The van der Waals surface area contributed by atoms with Crippen molar-refractivity contribution in [2.75, 3.05) is 57.9 Å². The van der Waals surface area contributed by atoms with Gasteiger partial charge in [0, 0.05) is 45.0 Å². The zero-order valence-electron chi connectivity index (χ0n) is 19.2. The number of hydrogen-bond acceptors (Lipinski definition) is 7. The number of nitrogens with zero attached hydrogens (tertiary/aromatic N) is 2. The molecule has 178 valence electrons. The van der Waals surface area contributed by atoms with Crippen LogP contribution in [0.5, 0.6) is 0 Å². The fraction of sp³-hybridized carbons (Fsp3) is 0.458. The minimum absolute atomic E-state index is 0.0658. The molecular weight excluding hydrogens is 440 g/mol. The first-order valence-corrected chi connectivity index (χ1v) is 12.6. The van der Waals surface area contributed by atoms with Gasteiger partial charge in [0.15, 0.2) is 4.91 Å². The third-order valence-corrected chi connectivity index (χ3v) is 7.26. The van der Waals surface area contributed by atoms with Crippen LogP contribution in [0.25, 0.3) is 16.3 Å². The largest absolute Gasteiger partial charge is 0.396 e. The third-order valence-electron chi connectivity index (χ3n) is 5.78. The average Bonchev–Trinajstić information content (AvgIpc) is 2.83. The van der Waals surface area contributed by atoms with Gasteiger partial charge in [-0.2, -0.15) is 5.26 Å². The Hall–Kier alpha value is -2.48. The van der Waals surface area contributed by atoms with E-state index in [0.717, 1.165) is 55.9 Å². The highest BCUT2D eigenvalue weighted by Gasteiger charge is 2.21. The molecule has 1 aliphatic heterocycles. The average molecular weight is 473 g/mol. The summed E-state index contributed by atoms with van der Waals surface area (Å²) in [5.74, 6) is -0.239. The van der Waals surface area contributed by atoms with Crippen LogP contribution in [-0.2, 0) is 14.8 Å². The molecule has 1 atom stereocenters. The van der Waals surface area contributed by atoms with Crippen molar-refractivity contribution in [2.45, 2.75) is 13.8 Å². The van der Waals surface area contributed by atoms with E-state index in [4.69, 9.17) is 9.84 Å². The summed E-state index contributed by atoms with van der Waals surface area (Å²) in [6, 6.07) is 13.6. The van der Waals surface area contributed by atoms with Crippen molar-refractivity contribution in [1.82, 2.24) is 9.62 Å². The van der Waals surface area contributed by atoms with Crippen LogP contribution in [0.4, 0.5) is 5.69 Å². The van der Waals surface area contributed by atoms with Crippen LogP contribution in [-0.4, -0.2) is 71.0 Å². The van der Waals surface area contributed by atoms with Gasteiger partial charge >= 0.3 is 0 Å². The Kier molecular flexibility index (Phi) is 8.83. The van der Waals surface area contributed by atoms with Gasteiger partial charge in [-0.05, 0) is 52.9 Å². The Balaban J connectivity index is 1.73. The highest BCUT2D eigenvalue weighted by atomic mass is 32.2. The van der Waals surface area contributed by atoms with E-state index in [1.165, 1.54) is 0 Å². The van der Waals surface area contributed by atoms with E-state index in [9.17, 15) is 13.7 Å². The molecule has 0 amide bonds. The zero-order valence-corrected chi connectivity index (χ0v) is 20.0. The van der Waals surface area contributed by atoms with Gasteiger partial charge in [0.05, 0.1) is 13.2 Å². The molecular formula is C24H32N4O4S. The maximum atomic E-state index is 12.6. The molecule has 0 aliphatic carbocycles. The molecule has 1 unspecified atom stereocenters. The van der Waals surface area contributed by atoms with Gasteiger partial charge in [0.1, 0.15) is 6.07 Å². The first-order valence-electron chi connectivity index (χ1n) is 11.1. The molecule has 1 heterocycles. The lowest BCUT2D eigenvalue weighted by Crippen LogP contribution is -2.38. The number of benzene rings is 2. The molecule has 0 radical (unpaired) electrons. The summed E-state index contributed by atoms with van der Waals surface area (Å²) >= 11 is 0. The first-order chi connectivity index (χ1) is 15.8. The smallest absolute Gasteiger partial charge is 0.251 e. The molecule has 2 aromatic carbocycles. The molecule has 9 heteroatoms. The molecule has 1 fully saturated rings. The number of aliphatic hydroxyl groups is 1. The van der Waals surface area contributed by atoms with Crippen molar-refractivity contribution in [1.29, 1.82) is 5.26 Å². The van der Waals surface area contributed by atoms with Crippen LogP contribution >= 0.6 is 0 Å². The highest BCUT2D eigenvalue weighted by molar-refractivity contribution is 7.93. The predicted molar refractivity (Wildman–Crippen MR) is 131 cm³/mol. The maximum Gasteiger partial charge on any atom is 0.251 e. The highest BCUT2D eigenvalue weighted by Crippen LogP contribution is 2.27. The fourth-order valence-corrected chi connectivity index (χ4v) is 4.93. The quantitative estimate of drug-likeness (QED) is 0.455. The van der Waals surface area contributed by atoms with Crippen molar-refractivity contribution in [2.24, 2.45) is 5.92 Å². The van der Waals surface area contributed by atoms with E-state index in [1.54, 1.807) is 13.8 Å². The minimum atomic E-state index is -3.97. The van der Waals surface area contributed by atoms with Crippen LogP contribution in [0.3, 0.4) is 0 Å². The van der Waals surface area contributed by atoms with E-state index in [0.29, 0.717) is 11.1 Å². The summed E-state index contributed by atoms with van der Waals surface area (Å²) in [5.41, 5.74) is 2.09. The number of rotatable bonds is 10. The normalized spacial score (nSPS) is 16.8. The summed E-state index contributed by atoms with van der Waals surface area (Å²) < 4.78 is 33.0. The number of nitriles is 1. The molecule has 0 spiro atoms. The standard InChI is InChI=1S/C24H32N4O4S/c1-18(17-29)16-27-33(30,31)24(15-25)19(2)20-3-4-22-14-23(6-5-21(22)13-20)26-7-8-28-9-11-32-12-10-28/h3-6,13-14,18,26-27,29H,7-12,16-17H2,1-2H3/b24-19+. The second kappa shape index (κ2) is 11.6. The Labute approximate surface area is 195 Å². The van der Waals surface area contributed by atoms with Gasteiger partial charge in [0.25, 0.3) is 10.0 Å². The molecule has 2 aromatic rings. The van der Waals surface area contributed by atoms with E-state index in [1.807, 2.05) is 36.4 Å². The molecule has 0 bridgehead atoms. The number of sulfonamides is 1. The van der Waals surface area contributed by atoms with Gasteiger partial charge in [-0.1, -0.05) is 25.1 Å². The van der Waals surface area contributed by atoms with Crippen LogP contribution in [0.15, 0.2) is 41.3 Å². The van der Waals surface area contributed by atoms with Gasteiger partial charge in [-0.25, -0.2) is 13.1 Å². The summed E-state index contributed by atoms with van der Waals surface area (Å²) in [6.45, 7) is 8.60. The molecule has 3 rings (SSSR count). The summed E-state index contributed by atoms with van der Waals surface area (Å²) in [7, 11) is -3.97. The SMILES string of the molecule is C/C(=C(/C#N)S(=O)(=O)NCC(C)CO)c1ccc2cc(NCCN3CCOCC3)ccc2c1. The van der Waals surface area contributed by atoms with E-state index in [2.05, 4.69) is 21.0 Å². The topological polar surface area (TPSA) is 115 Å². The Morgan fingerprint density at radius 1 is 1.21 bits per heavy atom. The molecule has 1 aliphatic rings. The minimum Gasteiger partial charge on any atom is -0.396 e. The number of nitrogens with one attached hydrogen (secondary N) is 2. The fourth-order valence-electron chi connectivity index (χ4n) is 3.64. The third kappa shape index (κ3) is 6.76. The zero-order chi connectivity index (χ0) is 23.8. The number of allylic oxidation sites excluding steroid dienone is 2. The monoisotopic (exact) mass is 472 g/mol. The number of ether oxygens (including phenoxy) is 1. The molecule has 1 saturated heterocycles. The summed E-state index contributed by atoms with van der Waals surface area (Å²) in [5, 5.41) is 24.1. The second-order valence-corrected chi connectivity index (χ2v) is 10.1. The van der Waals surface area contributed by atoms with Crippen LogP contribution in [0, 0.1) is 17.2 Å². The lowest BCUT2D eigenvalue weighted by atomic mass is 10.0. The van der Waals surface area contributed by atoms with Crippen molar-refractivity contribution in [3.63, 3.8) is 0 Å². The summed E-state index contributed by atoms with van der Waals surface area (Å²) in [6.07, 6.45) is 0. The Bertz CT molecular complexity index is 1130. The predicted octanol–water partition coefficient (Wildman–Crippen LogP) is 2.39. The lowest BCUT2D eigenvalue weighted by Gasteiger charge is -2.26. The maximum absolute atomic E-state index is 12.6. The summed E-state index contributed by atoms with van der Waals surface area (Å²) in [4.78, 5) is 2.06. The van der Waals surface area contributed by atoms with Crippen molar-refractivity contribution in [3.8, 4) is 6.07 Å². The van der Waals surface area contributed by atoms with Gasteiger partial charge in [-0.3, -0.25) is 4.90 Å². The van der Waals surface area contributed by atoms with Gasteiger partial charge in [-0.15, -0.1) is 0 Å². The van der Waals surface area contributed by atoms with Crippen molar-refractivity contribution in [3.05, 3.63) is 46.9 Å².